The molecule has 0 radical (unpaired) electrons. The Kier molecular flexibility index (Phi) is 3.28. The molecular weight excluding hydrogens is 212 g/mol. The van der Waals surface area contributed by atoms with Gasteiger partial charge in [-0.3, -0.25) is 14.8 Å². The molecule has 1 aromatic carbocycles. The highest BCUT2D eigenvalue weighted by molar-refractivity contribution is 5.98. The van der Waals surface area contributed by atoms with Crippen LogP contribution in [0.3, 0.4) is 0 Å². The number of hydrogen-bond acceptors (Lipinski definition) is 3. The zero-order valence-corrected chi connectivity index (χ0v) is 9.97. The van der Waals surface area contributed by atoms with Crippen molar-refractivity contribution in [3.8, 4) is 0 Å². The van der Waals surface area contributed by atoms with Gasteiger partial charge in [-0.1, -0.05) is 17.7 Å². The third-order valence-electron chi connectivity index (χ3n) is 2.65. The number of carbonyl (C=O) groups excluding carboxylic acids is 1. The molecule has 0 unspecified atom stereocenters. The van der Waals surface area contributed by atoms with Gasteiger partial charge in [0.2, 0.25) is 0 Å². The van der Waals surface area contributed by atoms with E-state index in [4.69, 9.17) is 0 Å². The van der Waals surface area contributed by atoms with E-state index in [1.807, 2.05) is 32.0 Å². The zero-order valence-electron chi connectivity index (χ0n) is 9.97. The van der Waals surface area contributed by atoms with Crippen molar-refractivity contribution >= 4 is 5.78 Å². The first-order chi connectivity index (χ1) is 8.16. The van der Waals surface area contributed by atoms with Crippen molar-refractivity contribution in [2.45, 2.75) is 20.3 Å². The monoisotopic (exact) mass is 226 g/mol. The van der Waals surface area contributed by atoms with Crippen molar-refractivity contribution in [2.24, 2.45) is 0 Å². The Morgan fingerprint density at radius 1 is 1.24 bits per heavy atom. The highest BCUT2D eigenvalue weighted by atomic mass is 16.1. The minimum absolute atomic E-state index is 0.0895. The summed E-state index contributed by atoms with van der Waals surface area (Å²) in [7, 11) is 0. The SMILES string of the molecule is Cc1ccc(C)c(C(=O)Cc2cnccn2)c1. The summed E-state index contributed by atoms with van der Waals surface area (Å²) in [5, 5.41) is 0. The lowest BCUT2D eigenvalue weighted by Gasteiger charge is -2.05. The van der Waals surface area contributed by atoms with Gasteiger partial charge in [-0.25, -0.2) is 0 Å². The summed E-state index contributed by atoms with van der Waals surface area (Å²) in [5.41, 5.74) is 3.58. The Bertz CT molecular complexity index is 535. The number of aromatic nitrogens is 2. The average Bonchev–Trinajstić information content (AvgIpc) is 2.33. The number of hydrogen-bond donors (Lipinski definition) is 0. The van der Waals surface area contributed by atoms with Gasteiger partial charge in [-0.15, -0.1) is 0 Å². The van der Waals surface area contributed by atoms with Gasteiger partial charge in [-0.2, -0.15) is 0 Å². The molecule has 2 rings (SSSR count). The summed E-state index contributed by atoms with van der Waals surface area (Å²) >= 11 is 0. The molecular formula is C14H14N2O. The molecule has 0 atom stereocenters. The van der Waals surface area contributed by atoms with E-state index < -0.39 is 0 Å². The second-order valence-electron chi connectivity index (χ2n) is 4.12. The van der Waals surface area contributed by atoms with Crippen molar-refractivity contribution in [3.63, 3.8) is 0 Å². The molecule has 0 aliphatic carbocycles. The van der Waals surface area contributed by atoms with Gasteiger partial charge < -0.3 is 0 Å². The molecule has 1 aromatic heterocycles. The third-order valence-corrected chi connectivity index (χ3v) is 2.65. The topological polar surface area (TPSA) is 42.9 Å². The minimum atomic E-state index is 0.0895. The van der Waals surface area contributed by atoms with E-state index in [1.165, 1.54) is 0 Å². The molecule has 0 fully saturated rings. The van der Waals surface area contributed by atoms with Crippen molar-refractivity contribution in [1.29, 1.82) is 0 Å². The maximum atomic E-state index is 12.1. The first-order valence-electron chi connectivity index (χ1n) is 5.52. The Balaban J connectivity index is 2.23. The highest BCUT2D eigenvalue weighted by Gasteiger charge is 2.10. The lowest BCUT2D eigenvalue weighted by atomic mass is 9.99. The molecule has 3 nitrogen and oxygen atoms in total. The molecule has 17 heavy (non-hydrogen) atoms. The van der Waals surface area contributed by atoms with Gasteiger partial charge in [0, 0.05) is 24.2 Å². The fourth-order valence-electron chi connectivity index (χ4n) is 1.72. The van der Waals surface area contributed by atoms with Gasteiger partial charge in [-0.05, 0) is 25.5 Å². The number of nitrogens with zero attached hydrogens (tertiary/aromatic N) is 2. The van der Waals surface area contributed by atoms with Crippen LogP contribution in [-0.4, -0.2) is 15.8 Å². The molecule has 0 bridgehead atoms. The summed E-state index contributed by atoms with van der Waals surface area (Å²) in [6.45, 7) is 3.93. The minimum Gasteiger partial charge on any atom is -0.294 e. The summed E-state index contributed by atoms with van der Waals surface area (Å²) in [6.07, 6.45) is 5.14. The summed E-state index contributed by atoms with van der Waals surface area (Å²) in [5.74, 6) is 0.0895. The smallest absolute Gasteiger partial charge is 0.169 e. The fourth-order valence-corrected chi connectivity index (χ4v) is 1.72. The van der Waals surface area contributed by atoms with Crippen molar-refractivity contribution in [1.82, 2.24) is 9.97 Å². The predicted molar refractivity (Wildman–Crippen MR) is 66.0 cm³/mol. The van der Waals surface area contributed by atoms with Crippen LogP contribution in [0.1, 0.15) is 27.2 Å². The number of rotatable bonds is 3. The van der Waals surface area contributed by atoms with E-state index in [1.54, 1.807) is 18.6 Å². The predicted octanol–water partition coefficient (Wildman–Crippen LogP) is 2.52. The maximum Gasteiger partial charge on any atom is 0.169 e. The van der Waals surface area contributed by atoms with E-state index in [9.17, 15) is 4.79 Å². The van der Waals surface area contributed by atoms with Crippen LogP contribution in [-0.2, 0) is 6.42 Å². The van der Waals surface area contributed by atoms with Gasteiger partial charge in [0.1, 0.15) is 0 Å². The third kappa shape index (κ3) is 2.75. The van der Waals surface area contributed by atoms with Gasteiger partial charge >= 0.3 is 0 Å². The van der Waals surface area contributed by atoms with Crippen LogP contribution in [0, 0.1) is 13.8 Å². The summed E-state index contributed by atoms with van der Waals surface area (Å²) in [6, 6.07) is 5.90. The standard InChI is InChI=1S/C14H14N2O/c1-10-3-4-11(2)13(7-10)14(17)8-12-9-15-5-6-16-12/h3-7,9H,8H2,1-2H3. The lowest BCUT2D eigenvalue weighted by molar-refractivity contribution is 0.0991. The van der Waals surface area contributed by atoms with Crippen LogP contribution in [0.4, 0.5) is 0 Å². The quantitative estimate of drug-likeness (QED) is 0.755. The largest absolute Gasteiger partial charge is 0.294 e. The van der Waals surface area contributed by atoms with Crippen LogP contribution in [0.15, 0.2) is 36.8 Å². The molecule has 0 aliphatic heterocycles. The van der Waals surface area contributed by atoms with E-state index in [2.05, 4.69) is 9.97 Å². The normalized spacial score (nSPS) is 10.2. The number of Topliss-reactive ketones (excluding diaryl/α,β-unsaturated/α-hetero) is 1. The van der Waals surface area contributed by atoms with Crippen molar-refractivity contribution < 1.29 is 4.79 Å². The van der Waals surface area contributed by atoms with Crippen molar-refractivity contribution in [3.05, 3.63) is 59.2 Å². The molecule has 0 aliphatic rings. The van der Waals surface area contributed by atoms with E-state index in [-0.39, 0.29) is 5.78 Å². The Hall–Kier alpha value is -2.03. The first kappa shape index (κ1) is 11.5. The molecule has 86 valence electrons. The van der Waals surface area contributed by atoms with E-state index in [0.717, 1.165) is 16.7 Å². The Morgan fingerprint density at radius 3 is 2.76 bits per heavy atom. The second kappa shape index (κ2) is 4.87. The van der Waals surface area contributed by atoms with Crippen LogP contribution < -0.4 is 0 Å². The van der Waals surface area contributed by atoms with Crippen LogP contribution in [0.2, 0.25) is 0 Å². The molecule has 0 amide bonds. The van der Waals surface area contributed by atoms with E-state index >= 15 is 0 Å². The zero-order chi connectivity index (χ0) is 12.3. The Morgan fingerprint density at radius 2 is 2.06 bits per heavy atom. The maximum absolute atomic E-state index is 12.1. The lowest BCUT2D eigenvalue weighted by Crippen LogP contribution is -2.07. The van der Waals surface area contributed by atoms with Crippen LogP contribution in [0.5, 0.6) is 0 Å². The van der Waals surface area contributed by atoms with E-state index in [0.29, 0.717) is 12.1 Å². The van der Waals surface area contributed by atoms with Crippen molar-refractivity contribution in [2.75, 3.05) is 0 Å². The number of carbonyl (C=O) groups is 1. The molecule has 0 spiro atoms. The first-order valence-corrected chi connectivity index (χ1v) is 5.52. The highest BCUT2D eigenvalue weighted by Crippen LogP contribution is 2.13. The summed E-state index contributed by atoms with van der Waals surface area (Å²) < 4.78 is 0. The fraction of sp³-hybridized carbons (Fsp3) is 0.214. The molecule has 0 saturated heterocycles. The number of benzene rings is 1. The van der Waals surface area contributed by atoms with Gasteiger partial charge in [0.05, 0.1) is 12.1 Å². The summed E-state index contributed by atoms with van der Waals surface area (Å²) in [4.78, 5) is 20.2. The number of aryl methyl sites for hydroxylation is 2. The average molecular weight is 226 g/mol. The molecule has 2 aromatic rings. The van der Waals surface area contributed by atoms with Crippen LogP contribution >= 0.6 is 0 Å². The Labute approximate surface area is 101 Å². The van der Waals surface area contributed by atoms with Crippen LogP contribution in [0.25, 0.3) is 0 Å². The molecule has 3 heteroatoms. The molecule has 1 heterocycles. The van der Waals surface area contributed by atoms with Gasteiger partial charge in [0.15, 0.2) is 5.78 Å². The second-order valence-corrected chi connectivity index (χ2v) is 4.12. The molecule has 0 N–H and O–H groups in total. The number of ketones is 1. The van der Waals surface area contributed by atoms with Gasteiger partial charge in [0.25, 0.3) is 0 Å². The molecule has 0 saturated carbocycles.